The van der Waals surface area contributed by atoms with Crippen LogP contribution in [0.1, 0.15) is 18.2 Å². The van der Waals surface area contributed by atoms with Gasteiger partial charge in [-0.25, -0.2) is 0 Å². The van der Waals surface area contributed by atoms with Gasteiger partial charge in [-0.3, -0.25) is 4.98 Å². The number of nitrogens with zero attached hydrogens (tertiary/aromatic N) is 1. The van der Waals surface area contributed by atoms with E-state index in [0.717, 1.165) is 28.8 Å². The smallest absolute Gasteiger partial charge is 0.0488 e. The zero-order chi connectivity index (χ0) is 13.1. The van der Waals surface area contributed by atoms with Crippen molar-refractivity contribution in [3.63, 3.8) is 0 Å². The van der Waals surface area contributed by atoms with Crippen LogP contribution in [0.4, 0.5) is 5.69 Å². The molecule has 2 rings (SSSR count). The van der Waals surface area contributed by atoms with Crippen LogP contribution < -0.4 is 11.5 Å². The van der Waals surface area contributed by atoms with Crippen molar-refractivity contribution >= 4 is 11.4 Å². The van der Waals surface area contributed by atoms with Crippen LogP contribution >= 0.6 is 0 Å². The minimum Gasteiger partial charge on any atom is -0.399 e. The Morgan fingerprint density at radius 3 is 2.61 bits per heavy atom. The van der Waals surface area contributed by atoms with Gasteiger partial charge in [-0.2, -0.15) is 0 Å². The van der Waals surface area contributed by atoms with Gasteiger partial charge >= 0.3 is 0 Å². The zero-order valence-corrected chi connectivity index (χ0v) is 10.5. The molecule has 4 N–H and O–H groups in total. The normalized spacial score (nSPS) is 10.3. The quantitative estimate of drug-likeness (QED) is 0.809. The van der Waals surface area contributed by atoms with E-state index >= 15 is 0 Å². The molecule has 0 radical (unpaired) electrons. The highest BCUT2D eigenvalue weighted by molar-refractivity contribution is 5.85. The Labute approximate surface area is 107 Å². The van der Waals surface area contributed by atoms with E-state index in [9.17, 15) is 0 Å². The zero-order valence-electron chi connectivity index (χ0n) is 10.5. The third kappa shape index (κ3) is 2.20. The summed E-state index contributed by atoms with van der Waals surface area (Å²) in [5.41, 5.74) is 16.7. The van der Waals surface area contributed by atoms with Crippen LogP contribution in [0, 0.1) is 0 Å². The highest BCUT2D eigenvalue weighted by atomic mass is 14.7. The monoisotopic (exact) mass is 239 g/mol. The van der Waals surface area contributed by atoms with E-state index in [-0.39, 0.29) is 0 Å². The molecule has 18 heavy (non-hydrogen) atoms. The van der Waals surface area contributed by atoms with Gasteiger partial charge < -0.3 is 11.5 Å². The van der Waals surface area contributed by atoms with Crippen molar-refractivity contribution in [3.05, 3.63) is 54.4 Å². The van der Waals surface area contributed by atoms with Gasteiger partial charge in [0.2, 0.25) is 0 Å². The largest absolute Gasteiger partial charge is 0.399 e. The summed E-state index contributed by atoms with van der Waals surface area (Å²) >= 11 is 0. The number of rotatable bonds is 3. The lowest BCUT2D eigenvalue weighted by Gasteiger charge is -2.11. The van der Waals surface area contributed by atoms with E-state index < -0.39 is 0 Å². The third-order valence-electron chi connectivity index (χ3n) is 2.95. The van der Waals surface area contributed by atoms with Crippen molar-refractivity contribution in [2.45, 2.75) is 13.3 Å². The Hall–Kier alpha value is -2.29. The van der Waals surface area contributed by atoms with E-state index in [4.69, 9.17) is 11.5 Å². The standard InChI is InChI=1S/C15H17N3/c1-3-12-8-7-11(9-18-12)14-6-4-5-13(10(2)16)15(14)17/h4-9H,2-3,16-17H2,1H3. The number of anilines is 1. The van der Waals surface area contributed by atoms with Crippen LogP contribution in [0.25, 0.3) is 16.8 Å². The second kappa shape index (κ2) is 4.92. The summed E-state index contributed by atoms with van der Waals surface area (Å²) < 4.78 is 0. The molecule has 92 valence electrons. The summed E-state index contributed by atoms with van der Waals surface area (Å²) in [5, 5.41) is 0. The number of aromatic nitrogens is 1. The summed E-state index contributed by atoms with van der Waals surface area (Å²) in [7, 11) is 0. The Morgan fingerprint density at radius 2 is 2.06 bits per heavy atom. The van der Waals surface area contributed by atoms with E-state index in [2.05, 4.69) is 18.5 Å². The summed E-state index contributed by atoms with van der Waals surface area (Å²) in [4.78, 5) is 4.38. The molecule has 2 aromatic rings. The first-order valence-electron chi connectivity index (χ1n) is 5.92. The highest BCUT2D eigenvalue weighted by Crippen LogP contribution is 2.30. The molecule has 0 spiro atoms. The van der Waals surface area contributed by atoms with Gasteiger partial charge in [0.05, 0.1) is 0 Å². The van der Waals surface area contributed by atoms with E-state index in [1.165, 1.54) is 0 Å². The lowest BCUT2D eigenvalue weighted by atomic mass is 10.0. The SMILES string of the molecule is C=C(N)c1cccc(-c2ccc(CC)nc2)c1N. The molecule has 1 aromatic carbocycles. The van der Waals surface area contributed by atoms with Gasteiger partial charge in [-0.05, 0) is 12.5 Å². The maximum Gasteiger partial charge on any atom is 0.0488 e. The van der Waals surface area contributed by atoms with Crippen molar-refractivity contribution in [1.29, 1.82) is 0 Å². The minimum absolute atomic E-state index is 0.479. The van der Waals surface area contributed by atoms with Crippen molar-refractivity contribution < 1.29 is 0 Å². The van der Waals surface area contributed by atoms with Crippen molar-refractivity contribution in [3.8, 4) is 11.1 Å². The molecule has 0 atom stereocenters. The maximum absolute atomic E-state index is 6.12. The van der Waals surface area contributed by atoms with Gasteiger partial charge in [-0.15, -0.1) is 0 Å². The number of hydrogen-bond acceptors (Lipinski definition) is 3. The molecule has 0 amide bonds. The summed E-state index contributed by atoms with van der Waals surface area (Å²) in [5.74, 6) is 0. The predicted octanol–water partition coefficient (Wildman–Crippen LogP) is 2.82. The van der Waals surface area contributed by atoms with E-state index in [1.54, 1.807) is 0 Å². The topological polar surface area (TPSA) is 64.9 Å². The molecule has 3 nitrogen and oxygen atoms in total. The molecule has 0 aliphatic heterocycles. The van der Waals surface area contributed by atoms with Gasteiger partial charge in [-0.1, -0.05) is 37.8 Å². The van der Waals surface area contributed by atoms with Gasteiger partial charge in [0.25, 0.3) is 0 Å². The molecule has 0 bridgehead atoms. The van der Waals surface area contributed by atoms with Gasteiger partial charge in [0.1, 0.15) is 0 Å². The molecule has 0 saturated carbocycles. The summed E-state index contributed by atoms with van der Waals surface area (Å²) in [6.07, 6.45) is 2.77. The fraction of sp³-hybridized carbons (Fsp3) is 0.133. The van der Waals surface area contributed by atoms with Crippen LogP contribution in [0.15, 0.2) is 43.1 Å². The molecule has 0 aliphatic carbocycles. The number of benzene rings is 1. The fourth-order valence-electron chi connectivity index (χ4n) is 1.89. The Bertz CT molecular complexity index is 571. The van der Waals surface area contributed by atoms with Crippen molar-refractivity contribution in [2.75, 3.05) is 5.73 Å². The lowest BCUT2D eigenvalue weighted by molar-refractivity contribution is 1.04. The Kier molecular flexibility index (Phi) is 3.33. The second-order valence-electron chi connectivity index (χ2n) is 4.18. The average Bonchev–Trinajstić information content (AvgIpc) is 2.39. The Morgan fingerprint density at radius 1 is 1.28 bits per heavy atom. The van der Waals surface area contributed by atoms with Crippen LogP contribution in [-0.4, -0.2) is 4.98 Å². The third-order valence-corrected chi connectivity index (χ3v) is 2.95. The first-order chi connectivity index (χ1) is 8.63. The molecule has 0 unspecified atom stereocenters. The van der Waals surface area contributed by atoms with Crippen LogP contribution in [0.3, 0.4) is 0 Å². The molecule has 3 heteroatoms. The second-order valence-corrected chi connectivity index (χ2v) is 4.18. The number of para-hydroxylation sites is 1. The number of nitrogen functional groups attached to an aromatic ring is 1. The summed E-state index contributed by atoms with van der Waals surface area (Å²) in [6.45, 7) is 5.81. The van der Waals surface area contributed by atoms with E-state index in [1.807, 2.05) is 36.5 Å². The molecule has 0 aliphatic rings. The van der Waals surface area contributed by atoms with Gasteiger partial charge in [0.15, 0.2) is 0 Å². The Balaban J connectivity index is 2.50. The highest BCUT2D eigenvalue weighted by Gasteiger charge is 2.08. The number of pyridine rings is 1. The van der Waals surface area contributed by atoms with Crippen molar-refractivity contribution in [2.24, 2.45) is 5.73 Å². The molecular formula is C15H17N3. The maximum atomic E-state index is 6.12. The first kappa shape index (κ1) is 12.2. The molecular weight excluding hydrogens is 222 g/mol. The fourth-order valence-corrected chi connectivity index (χ4v) is 1.89. The summed E-state index contributed by atoms with van der Waals surface area (Å²) in [6, 6.07) is 9.80. The van der Waals surface area contributed by atoms with Crippen LogP contribution in [0.2, 0.25) is 0 Å². The molecule has 1 aromatic heterocycles. The number of aryl methyl sites for hydroxylation is 1. The number of nitrogens with two attached hydrogens (primary N) is 2. The lowest BCUT2D eigenvalue weighted by Crippen LogP contribution is -2.01. The predicted molar refractivity (Wildman–Crippen MR) is 76.7 cm³/mol. The number of hydrogen-bond donors (Lipinski definition) is 2. The van der Waals surface area contributed by atoms with Crippen LogP contribution in [0.5, 0.6) is 0 Å². The molecule has 0 fully saturated rings. The van der Waals surface area contributed by atoms with Crippen LogP contribution in [-0.2, 0) is 6.42 Å². The van der Waals surface area contributed by atoms with E-state index in [0.29, 0.717) is 11.4 Å². The van der Waals surface area contributed by atoms with Gasteiger partial charge in [0, 0.05) is 40.0 Å². The molecule has 1 heterocycles. The minimum atomic E-state index is 0.479. The first-order valence-corrected chi connectivity index (χ1v) is 5.92. The molecule has 0 saturated heterocycles. The van der Waals surface area contributed by atoms with Crippen molar-refractivity contribution in [1.82, 2.24) is 4.98 Å². The average molecular weight is 239 g/mol.